The van der Waals surface area contributed by atoms with Crippen LogP contribution in [-0.2, 0) is 0 Å². The van der Waals surface area contributed by atoms with E-state index >= 15 is 0 Å². The van der Waals surface area contributed by atoms with Crippen LogP contribution in [0.15, 0.2) is 29.1 Å². The first-order valence-corrected chi connectivity index (χ1v) is 6.50. The molecule has 0 radical (unpaired) electrons. The Morgan fingerprint density at radius 1 is 1.00 bits per heavy atom. The van der Waals surface area contributed by atoms with Gasteiger partial charge < -0.3 is 0 Å². The molecule has 0 N–H and O–H groups in total. The van der Waals surface area contributed by atoms with Crippen LogP contribution in [0.25, 0.3) is 10.4 Å². The minimum Gasteiger partial charge on any atom is -0.277 e. The molecule has 1 nitrogen and oxygen atoms in total. The third-order valence-corrected chi connectivity index (χ3v) is 4.61. The van der Waals surface area contributed by atoms with Crippen molar-refractivity contribution >= 4 is 20.7 Å². The van der Waals surface area contributed by atoms with Gasteiger partial charge in [0.05, 0.1) is 4.88 Å². The molecule has 2 rings (SSSR count). The average molecular weight is 222 g/mol. The van der Waals surface area contributed by atoms with Gasteiger partial charge in [0.2, 0.25) is 4.74 Å². The zero-order chi connectivity index (χ0) is 10.1. The maximum atomic E-state index is 11.3. The molecule has 0 aliphatic rings. The fraction of sp³-hybridized carbons (Fsp3) is 0.182. The standard InChI is InChI=1S/C11H10OS2/c1-7-3-5-9(6-4-7)10-8(2)11(12)14-13-10/h3-6H,1-2H3. The van der Waals surface area contributed by atoms with E-state index in [9.17, 15) is 4.79 Å². The van der Waals surface area contributed by atoms with Crippen molar-refractivity contribution in [3.63, 3.8) is 0 Å². The predicted octanol–water partition coefficient (Wildman–Crippen LogP) is 3.45. The Bertz CT molecular complexity index is 491. The Kier molecular flexibility index (Phi) is 2.52. The van der Waals surface area contributed by atoms with Gasteiger partial charge in [-0.3, -0.25) is 4.79 Å². The third kappa shape index (κ3) is 1.65. The second-order valence-corrected chi connectivity index (χ2v) is 5.39. The Morgan fingerprint density at radius 3 is 2.14 bits per heavy atom. The first-order valence-electron chi connectivity index (χ1n) is 4.35. The molecule has 0 amide bonds. The summed E-state index contributed by atoms with van der Waals surface area (Å²) >= 11 is 0. The summed E-state index contributed by atoms with van der Waals surface area (Å²) in [6.45, 7) is 3.96. The van der Waals surface area contributed by atoms with Gasteiger partial charge in [-0.15, -0.1) is 0 Å². The molecule has 72 valence electrons. The lowest BCUT2D eigenvalue weighted by molar-refractivity contribution is 1.45. The van der Waals surface area contributed by atoms with E-state index < -0.39 is 0 Å². The Hall–Kier alpha value is -0.930. The maximum Gasteiger partial charge on any atom is 0.246 e. The number of aryl methyl sites for hydroxylation is 1. The van der Waals surface area contributed by atoms with Crippen LogP contribution in [0.1, 0.15) is 11.1 Å². The molecule has 0 atom stereocenters. The summed E-state index contributed by atoms with van der Waals surface area (Å²) in [5.74, 6) is 0. The summed E-state index contributed by atoms with van der Waals surface area (Å²) in [7, 11) is 2.88. The highest BCUT2D eigenvalue weighted by Crippen LogP contribution is 2.28. The second-order valence-electron chi connectivity index (χ2n) is 3.27. The summed E-state index contributed by atoms with van der Waals surface area (Å²) < 4.78 is 0.186. The second kappa shape index (κ2) is 3.67. The molecule has 1 heterocycles. The maximum absolute atomic E-state index is 11.3. The highest BCUT2D eigenvalue weighted by atomic mass is 32.9. The van der Waals surface area contributed by atoms with Crippen LogP contribution in [-0.4, -0.2) is 0 Å². The topological polar surface area (TPSA) is 17.1 Å². The van der Waals surface area contributed by atoms with Crippen molar-refractivity contribution in [3.05, 3.63) is 44.9 Å². The number of hydrogen-bond donors (Lipinski definition) is 0. The van der Waals surface area contributed by atoms with Crippen molar-refractivity contribution < 1.29 is 0 Å². The molecule has 1 aromatic carbocycles. The zero-order valence-corrected chi connectivity index (χ0v) is 9.67. The summed E-state index contributed by atoms with van der Waals surface area (Å²) in [5, 5.41) is 0. The quantitative estimate of drug-likeness (QED) is 0.675. The van der Waals surface area contributed by atoms with Crippen molar-refractivity contribution in [2.75, 3.05) is 0 Å². The van der Waals surface area contributed by atoms with Gasteiger partial charge in [-0.05, 0) is 29.8 Å². The van der Waals surface area contributed by atoms with Gasteiger partial charge in [-0.1, -0.05) is 40.2 Å². The fourth-order valence-electron chi connectivity index (χ4n) is 1.27. The lowest BCUT2D eigenvalue weighted by atomic mass is 10.1. The van der Waals surface area contributed by atoms with Gasteiger partial charge in [0.25, 0.3) is 0 Å². The molecule has 0 aliphatic heterocycles. The van der Waals surface area contributed by atoms with Crippen LogP contribution in [0.4, 0.5) is 0 Å². The first-order chi connectivity index (χ1) is 6.68. The van der Waals surface area contributed by atoms with E-state index in [1.165, 1.54) is 15.9 Å². The molecule has 0 fully saturated rings. The normalized spacial score (nSPS) is 10.4. The van der Waals surface area contributed by atoms with Gasteiger partial charge in [0.15, 0.2) is 0 Å². The van der Waals surface area contributed by atoms with E-state index in [2.05, 4.69) is 31.2 Å². The smallest absolute Gasteiger partial charge is 0.246 e. The average Bonchev–Trinajstić information content (AvgIpc) is 2.50. The molecule has 0 spiro atoms. The van der Waals surface area contributed by atoms with Crippen molar-refractivity contribution in [2.24, 2.45) is 0 Å². The Morgan fingerprint density at radius 2 is 1.64 bits per heavy atom. The number of hydrogen-bond acceptors (Lipinski definition) is 3. The van der Waals surface area contributed by atoms with Crippen molar-refractivity contribution in [3.8, 4) is 10.4 Å². The molecule has 2 aromatic rings. The largest absolute Gasteiger partial charge is 0.277 e. The highest BCUT2D eigenvalue weighted by molar-refractivity contribution is 7.69. The van der Waals surface area contributed by atoms with Gasteiger partial charge >= 0.3 is 0 Å². The van der Waals surface area contributed by atoms with Crippen LogP contribution >= 0.6 is 20.7 Å². The molecule has 0 bridgehead atoms. The lowest BCUT2D eigenvalue weighted by Crippen LogP contribution is -1.92. The summed E-state index contributed by atoms with van der Waals surface area (Å²) in [6, 6.07) is 8.29. The van der Waals surface area contributed by atoms with Crippen LogP contribution < -0.4 is 4.74 Å². The van der Waals surface area contributed by atoms with Gasteiger partial charge in [0.1, 0.15) is 0 Å². The van der Waals surface area contributed by atoms with Gasteiger partial charge in [-0.2, -0.15) is 0 Å². The van der Waals surface area contributed by atoms with Crippen LogP contribution in [0.3, 0.4) is 0 Å². The van der Waals surface area contributed by atoms with E-state index in [-0.39, 0.29) is 4.74 Å². The van der Waals surface area contributed by atoms with E-state index in [4.69, 9.17) is 0 Å². The fourth-order valence-corrected chi connectivity index (χ4v) is 3.68. The van der Waals surface area contributed by atoms with Crippen molar-refractivity contribution in [2.45, 2.75) is 13.8 Å². The molecular formula is C11H10OS2. The van der Waals surface area contributed by atoms with E-state index in [0.717, 1.165) is 16.0 Å². The van der Waals surface area contributed by atoms with Gasteiger partial charge in [-0.25, -0.2) is 0 Å². The summed E-state index contributed by atoms with van der Waals surface area (Å²) in [5.41, 5.74) is 3.27. The molecule has 0 aliphatic carbocycles. The Balaban J connectivity index is 2.55. The van der Waals surface area contributed by atoms with Crippen molar-refractivity contribution in [1.29, 1.82) is 0 Å². The number of benzene rings is 1. The minimum atomic E-state index is 0.186. The zero-order valence-electron chi connectivity index (χ0n) is 8.03. The van der Waals surface area contributed by atoms with Crippen LogP contribution in [0, 0.1) is 13.8 Å². The first kappa shape index (κ1) is 9.62. The predicted molar refractivity (Wildman–Crippen MR) is 63.4 cm³/mol. The third-order valence-electron chi connectivity index (χ3n) is 2.16. The van der Waals surface area contributed by atoms with E-state index in [1.54, 1.807) is 10.3 Å². The molecular weight excluding hydrogens is 212 g/mol. The summed E-state index contributed by atoms with van der Waals surface area (Å²) in [4.78, 5) is 12.4. The molecule has 0 saturated carbocycles. The molecule has 14 heavy (non-hydrogen) atoms. The number of rotatable bonds is 1. The Labute approximate surface area is 90.1 Å². The minimum absolute atomic E-state index is 0.186. The highest BCUT2D eigenvalue weighted by Gasteiger charge is 2.07. The molecule has 0 saturated heterocycles. The molecule has 0 unspecified atom stereocenters. The van der Waals surface area contributed by atoms with Gasteiger partial charge in [0, 0.05) is 5.56 Å². The molecule has 1 aromatic heterocycles. The summed E-state index contributed by atoms with van der Waals surface area (Å²) in [6.07, 6.45) is 0. The van der Waals surface area contributed by atoms with Crippen LogP contribution in [0.2, 0.25) is 0 Å². The SMILES string of the molecule is Cc1ccc(-c2ssc(=O)c2C)cc1. The molecule has 3 heteroatoms. The monoisotopic (exact) mass is 222 g/mol. The van der Waals surface area contributed by atoms with E-state index in [1.807, 2.05) is 6.92 Å². The lowest BCUT2D eigenvalue weighted by Gasteiger charge is -1.98. The van der Waals surface area contributed by atoms with Crippen molar-refractivity contribution in [1.82, 2.24) is 0 Å². The van der Waals surface area contributed by atoms with Crippen LogP contribution in [0.5, 0.6) is 0 Å². The van der Waals surface area contributed by atoms with E-state index in [0.29, 0.717) is 0 Å².